The number of nitrogens with two attached hydrogens (primary N) is 1. The van der Waals surface area contributed by atoms with Crippen LogP contribution in [0.4, 0.5) is 0 Å². The van der Waals surface area contributed by atoms with Crippen molar-refractivity contribution >= 4 is 10.9 Å². The molecule has 2 heterocycles. The molecule has 21 heavy (non-hydrogen) atoms. The lowest BCUT2D eigenvalue weighted by atomic mass is 10.0. The molecule has 0 aliphatic rings. The number of rotatable bonds is 4. The van der Waals surface area contributed by atoms with Gasteiger partial charge in [-0.25, -0.2) is 0 Å². The number of aryl methyl sites for hydroxylation is 1. The van der Waals surface area contributed by atoms with Crippen LogP contribution in [0.3, 0.4) is 0 Å². The molecule has 1 atom stereocenters. The minimum absolute atomic E-state index is 0.159. The first-order valence-electron chi connectivity index (χ1n) is 7.30. The number of para-hydroxylation sites is 1. The molecule has 1 aromatic carbocycles. The zero-order valence-electron chi connectivity index (χ0n) is 12.7. The molecular formula is C16H21N5. The van der Waals surface area contributed by atoms with Crippen LogP contribution >= 0.6 is 0 Å². The Kier molecular flexibility index (Phi) is 3.51. The first-order valence-corrected chi connectivity index (χ1v) is 7.30. The summed E-state index contributed by atoms with van der Waals surface area (Å²) < 4.78 is 2.11. The SMILES string of the molecule is Cc1nnc([C@H](N)Cc2c[nH]c3ccccc23)n1C(C)C. The quantitative estimate of drug-likeness (QED) is 0.773. The van der Waals surface area contributed by atoms with Gasteiger partial charge < -0.3 is 15.3 Å². The predicted octanol–water partition coefficient (Wildman–Crippen LogP) is 2.89. The average molecular weight is 283 g/mol. The average Bonchev–Trinajstić information content (AvgIpc) is 3.03. The molecule has 0 aliphatic carbocycles. The van der Waals surface area contributed by atoms with Crippen molar-refractivity contribution in [3.63, 3.8) is 0 Å². The van der Waals surface area contributed by atoms with E-state index in [1.54, 1.807) is 0 Å². The molecule has 3 rings (SSSR count). The van der Waals surface area contributed by atoms with Crippen LogP contribution in [0.2, 0.25) is 0 Å². The van der Waals surface area contributed by atoms with E-state index < -0.39 is 0 Å². The zero-order chi connectivity index (χ0) is 15.0. The minimum atomic E-state index is -0.159. The van der Waals surface area contributed by atoms with Crippen molar-refractivity contribution < 1.29 is 0 Å². The Balaban J connectivity index is 1.92. The molecule has 5 heteroatoms. The summed E-state index contributed by atoms with van der Waals surface area (Å²) in [6, 6.07) is 8.42. The summed E-state index contributed by atoms with van der Waals surface area (Å²) in [5.41, 5.74) is 8.75. The number of benzene rings is 1. The van der Waals surface area contributed by atoms with Crippen LogP contribution in [0.25, 0.3) is 10.9 Å². The smallest absolute Gasteiger partial charge is 0.150 e. The molecule has 0 radical (unpaired) electrons. The molecule has 3 aromatic rings. The third-order valence-corrected chi connectivity index (χ3v) is 3.86. The topological polar surface area (TPSA) is 72.5 Å². The van der Waals surface area contributed by atoms with Crippen LogP contribution in [0.15, 0.2) is 30.5 Å². The largest absolute Gasteiger partial charge is 0.361 e. The summed E-state index contributed by atoms with van der Waals surface area (Å²) >= 11 is 0. The normalized spacial score (nSPS) is 13.2. The number of aromatic amines is 1. The second-order valence-electron chi connectivity index (χ2n) is 5.74. The van der Waals surface area contributed by atoms with Crippen LogP contribution < -0.4 is 5.73 Å². The molecule has 0 aliphatic heterocycles. The Morgan fingerprint density at radius 2 is 2.00 bits per heavy atom. The van der Waals surface area contributed by atoms with Crippen molar-refractivity contribution in [2.45, 2.75) is 39.3 Å². The fourth-order valence-electron chi connectivity index (χ4n) is 2.91. The van der Waals surface area contributed by atoms with Crippen LogP contribution in [0.5, 0.6) is 0 Å². The lowest BCUT2D eigenvalue weighted by Gasteiger charge is -2.16. The number of H-pyrrole nitrogens is 1. The molecule has 0 unspecified atom stereocenters. The molecule has 0 spiro atoms. The summed E-state index contributed by atoms with van der Waals surface area (Å²) in [5.74, 6) is 1.77. The number of hydrogen-bond donors (Lipinski definition) is 2. The van der Waals surface area contributed by atoms with Crippen molar-refractivity contribution in [2.75, 3.05) is 0 Å². The summed E-state index contributed by atoms with van der Waals surface area (Å²) in [7, 11) is 0. The highest BCUT2D eigenvalue weighted by molar-refractivity contribution is 5.83. The van der Waals surface area contributed by atoms with Gasteiger partial charge in [-0.15, -0.1) is 10.2 Å². The van der Waals surface area contributed by atoms with Gasteiger partial charge in [-0.1, -0.05) is 18.2 Å². The van der Waals surface area contributed by atoms with E-state index in [1.807, 2.05) is 25.3 Å². The van der Waals surface area contributed by atoms with E-state index in [-0.39, 0.29) is 6.04 Å². The number of nitrogens with zero attached hydrogens (tertiary/aromatic N) is 3. The van der Waals surface area contributed by atoms with Crippen LogP contribution in [0, 0.1) is 6.92 Å². The third kappa shape index (κ3) is 2.45. The second-order valence-corrected chi connectivity index (χ2v) is 5.74. The van der Waals surface area contributed by atoms with Gasteiger partial charge in [-0.2, -0.15) is 0 Å². The maximum atomic E-state index is 6.39. The molecule has 2 aromatic heterocycles. The summed E-state index contributed by atoms with van der Waals surface area (Å²) in [5, 5.41) is 9.67. The van der Waals surface area contributed by atoms with Gasteiger partial charge in [-0.3, -0.25) is 0 Å². The molecule has 0 saturated carbocycles. The van der Waals surface area contributed by atoms with E-state index in [0.29, 0.717) is 6.04 Å². The summed E-state index contributed by atoms with van der Waals surface area (Å²) in [6.45, 7) is 6.21. The first kappa shape index (κ1) is 13.8. The third-order valence-electron chi connectivity index (χ3n) is 3.86. The van der Waals surface area contributed by atoms with Gasteiger partial charge >= 0.3 is 0 Å². The summed E-state index contributed by atoms with van der Waals surface area (Å²) in [4.78, 5) is 3.29. The molecule has 0 saturated heterocycles. The fraction of sp³-hybridized carbons (Fsp3) is 0.375. The highest BCUT2D eigenvalue weighted by Gasteiger charge is 2.19. The van der Waals surface area contributed by atoms with E-state index in [2.05, 4.69) is 45.7 Å². The molecule has 5 nitrogen and oxygen atoms in total. The zero-order valence-corrected chi connectivity index (χ0v) is 12.7. The second kappa shape index (κ2) is 5.33. The predicted molar refractivity (Wildman–Crippen MR) is 84.1 cm³/mol. The standard InChI is InChI=1S/C16H21N5/c1-10(2)21-11(3)19-20-16(21)14(17)8-12-9-18-15-7-5-4-6-13(12)15/h4-7,9-10,14,18H,8,17H2,1-3H3/t14-/m1/s1. The Morgan fingerprint density at radius 1 is 1.24 bits per heavy atom. The number of aromatic nitrogens is 4. The van der Waals surface area contributed by atoms with Gasteiger partial charge in [0.2, 0.25) is 0 Å². The number of fused-ring (bicyclic) bond motifs is 1. The van der Waals surface area contributed by atoms with Gasteiger partial charge in [0.1, 0.15) is 5.82 Å². The van der Waals surface area contributed by atoms with Crippen molar-refractivity contribution in [2.24, 2.45) is 5.73 Å². The van der Waals surface area contributed by atoms with Gasteiger partial charge in [0.05, 0.1) is 6.04 Å². The Labute approximate surface area is 124 Å². The maximum absolute atomic E-state index is 6.39. The Hall–Kier alpha value is -2.14. The van der Waals surface area contributed by atoms with E-state index in [1.165, 1.54) is 10.9 Å². The first-order chi connectivity index (χ1) is 10.1. The highest BCUT2D eigenvalue weighted by Crippen LogP contribution is 2.24. The summed E-state index contributed by atoms with van der Waals surface area (Å²) in [6.07, 6.45) is 2.78. The Bertz CT molecular complexity index is 753. The molecule has 0 amide bonds. The van der Waals surface area contributed by atoms with Gasteiger partial charge in [0.15, 0.2) is 5.82 Å². The van der Waals surface area contributed by atoms with Gasteiger partial charge in [-0.05, 0) is 38.8 Å². The van der Waals surface area contributed by atoms with Crippen molar-refractivity contribution in [3.05, 3.63) is 47.7 Å². The lowest BCUT2D eigenvalue weighted by molar-refractivity contribution is 0.519. The van der Waals surface area contributed by atoms with Crippen molar-refractivity contribution in [1.29, 1.82) is 0 Å². The molecule has 3 N–H and O–H groups in total. The lowest BCUT2D eigenvalue weighted by Crippen LogP contribution is -2.20. The van der Waals surface area contributed by atoms with Gasteiger partial charge in [0.25, 0.3) is 0 Å². The van der Waals surface area contributed by atoms with E-state index in [0.717, 1.165) is 23.6 Å². The Morgan fingerprint density at radius 3 is 2.76 bits per heavy atom. The highest BCUT2D eigenvalue weighted by atomic mass is 15.3. The monoisotopic (exact) mass is 283 g/mol. The van der Waals surface area contributed by atoms with Gasteiger partial charge in [0, 0.05) is 23.1 Å². The minimum Gasteiger partial charge on any atom is -0.361 e. The maximum Gasteiger partial charge on any atom is 0.150 e. The molecule has 0 bridgehead atoms. The van der Waals surface area contributed by atoms with E-state index in [9.17, 15) is 0 Å². The number of nitrogens with one attached hydrogen (secondary N) is 1. The fourth-order valence-corrected chi connectivity index (χ4v) is 2.91. The van der Waals surface area contributed by atoms with Crippen LogP contribution in [-0.2, 0) is 6.42 Å². The molecule has 110 valence electrons. The van der Waals surface area contributed by atoms with Crippen LogP contribution in [-0.4, -0.2) is 19.7 Å². The molecular weight excluding hydrogens is 262 g/mol. The number of hydrogen-bond acceptors (Lipinski definition) is 3. The van der Waals surface area contributed by atoms with Crippen molar-refractivity contribution in [3.8, 4) is 0 Å². The van der Waals surface area contributed by atoms with E-state index >= 15 is 0 Å². The molecule has 0 fully saturated rings. The van der Waals surface area contributed by atoms with E-state index in [4.69, 9.17) is 5.73 Å². The van der Waals surface area contributed by atoms with Crippen molar-refractivity contribution in [1.82, 2.24) is 19.7 Å². The van der Waals surface area contributed by atoms with Crippen LogP contribution in [0.1, 0.15) is 43.1 Å².